The third kappa shape index (κ3) is 4.08. The third-order valence-corrected chi connectivity index (χ3v) is 4.63. The number of aliphatic hydroxyl groups is 1. The summed E-state index contributed by atoms with van der Waals surface area (Å²) in [6.07, 6.45) is 7.92. The molecule has 0 amide bonds. The first-order chi connectivity index (χ1) is 10.5. The molecule has 2 N–H and O–H groups in total. The lowest BCUT2D eigenvalue weighted by molar-refractivity contribution is 0.0643. The minimum Gasteiger partial charge on any atom is -0.393 e. The van der Waals surface area contributed by atoms with E-state index in [2.05, 4.69) is 5.32 Å². The van der Waals surface area contributed by atoms with Gasteiger partial charge in [0.2, 0.25) is 0 Å². The van der Waals surface area contributed by atoms with Crippen molar-refractivity contribution in [1.29, 1.82) is 0 Å². The number of nitrogens with one attached hydrogen (secondary N) is 1. The summed E-state index contributed by atoms with van der Waals surface area (Å²) in [4.78, 5) is 23.6. The van der Waals surface area contributed by atoms with Crippen molar-refractivity contribution in [3.63, 3.8) is 0 Å². The molecular formula is C16H27N3O3. The van der Waals surface area contributed by atoms with Crippen LogP contribution in [0.3, 0.4) is 0 Å². The minimum atomic E-state index is -0.306. The Morgan fingerprint density at radius 1 is 1.27 bits per heavy atom. The zero-order valence-corrected chi connectivity index (χ0v) is 13.5. The van der Waals surface area contributed by atoms with Crippen LogP contribution in [0.2, 0.25) is 0 Å². The van der Waals surface area contributed by atoms with Crippen LogP contribution in [-0.2, 0) is 20.6 Å². The van der Waals surface area contributed by atoms with Crippen molar-refractivity contribution >= 4 is 0 Å². The lowest BCUT2D eigenvalue weighted by atomic mass is 9.83. The number of hydrogen-bond acceptors (Lipinski definition) is 4. The van der Waals surface area contributed by atoms with Crippen molar-refractivity contribution in [2.24, 2.45) is 20.0 Å². The normalized spacial score (nSPS) is 22.0. The average Bonchev–Trinajstić information content (AvgIpc) is 2.51. The topological polar surface area (TPSA) is 76.3 Å². The predicted octanol–water partition coefficient (Wildman–Crippen LogP) is 0.505. The maximum atomic E-state index is 12.0. The third-order valence-electron chi connectivity index (χ3n) is 4.63. The first kappa shape index (κ1) is 17.0. The van der Waals surface area contributed by atoms with Gasteiger partial charge in [-0.15, -0.1) is 0 Å². The monoisotopic (exact) mass is 309 g/mol. The number of aryl methyl sites for hydroxylation is 1. The maximum absolute atomic E-state index is 12.0. The van der Waals surface area contributed by atoms with E-state index in [1.54, 1.807) is 13.2 Å². The summed E-state index contributed by atoms with van der Waals surface area (Å²) < 4.78 is 2.56. The number of hydrogen-bond donors (Lipinski definition) is 2. The van der Waals surface area contributed by atoms with Crippen molar-refractivity contribution < 1.29 is 5.11 Å². The Kier molecular flexibility index (Phi) is 5.97. The van der Waals surface area contributed by atoms with Gasteiger partial charge in [0, 0.05) is 32.4 Å². The van der Waals surface area contributed by atoms with Gasteiger partial charge in [-0.05, 0) is 38.1 Å². The summed E-state index contributed by atoms with van der Waals surface area (Å²) in [5.41, 5.74) is 0.0561. The number of aromatic nitrogens is 2. The SMILES string of the molecule is Cn1cc(CNCCCC2CCCCC2O)c(=O)n(C)c1=O. The molecule has 1 fully saturated rings. The van der Waals surface area contributed by atoms with Crippen molar-refractivity contribution in [2.45, 2.75) is 51.2 Å². The summed E-state index contributed by atoms with van der Waals surface area (Å²) in [5.74, 6) is 0.431. The average molecular weight is 309 g/mol. The Morgan fingerprint density at radius 2 is 2.00 bits per heavy atom. The molecule has 2 rings (SSSR count). The van der Waals surface area contributed by atoms with E-state index in [1.807, 2.05) is 0 Å². The van der Waals surface area contributed by atoms with E-state index in [-0.39, 0.29) is 17.4 Å². The molecule has 0 aromatic carbocycles. The maximum Gasteiger partial charge on any atom is 0.330 e. The number of rotatable bonds is 6. The van der Waals surface area contributed by atoms with Crippen LogP contribution >= 0.6 is 0 Å². The lowest BCUT2D eigenvalue weighted by Crippen LogP contribution is -2.39. The number of aliphatic hydroxyl groups excluding tert-OH is 1. The minimum absolute atomic E-state index is 0.135. The van der Waals surface area contributed by atoms with E-state index in [0.29, 0.717) is 18.0 Å². The Morgan fingerprint density at radius 3 is 2.73 bits per heavy atom. The molecule has 0 spiro atoms. The zero-order chi connectivity index (χ0) is 16.1. The van der Waals surface area contributed by atoms with Gasteiger partial charge in [0.05, 0.1) is 6.10 Å². The van der Waals surface area contributed by atoms with E-state index < -0.39 is 0 Å². The Labute approximate surface area is 130 Å². The van der Waals surface area contributed by atoms with Crippen LogP contribution in [0.15, 0.2) is 15.8 Å². The van der Waals surface area contributed by atoms with E-state index in [1.165, 1.54) is 18.0 Å². The fourth-order valence-corrected chi connectivity index (χ4v) is 3.24. The Bertz CT molecular complexity index is 606. The predicted molar refractivity (Wildman–Crippen MR) is 85.8 cm³/mol. The fraction of sp³-hybridized carbons (Fsp3) is 0.750. The lowest BCUT2D eigenvalue weighted by Gasteiger charge is -2.27. The van der Waals surface area contributed by atoms with Crippen LogP contribution < -0.4 is 16.6 Å². The van der Waals surface area contributed by atoms with Gasteiger partial charge in [0.15, 0.2) is 0 Å². The van der Waals surface area contributed by atoms with Crippen LogP contribution in [0.1, 0.15) is 44.1 Å². The van der Waals surface area contributed by atoms with E-state index in [4.69, 9.17) is 0 Å². The molecule has 0 radical (unpaired) electrons. The van der Waals surface area contributed by atoms with Gasteiger partial charge in [0.1, 0.15) is 0 Å². The Balaban J connectivity index is 1.77. The Hall–Kier alpha value is -1.40. The smallest absolute Gasteiger partial charge is 0.330 e. The molecule has 0 saturated heterocycles. The molecule has 124 valence electrons. The molecule has 2 unspecified atom stereocenters. The van der Waals surface area contributed by atoms with Gasteiger partial charge < -0.3 is 15.0 Å². The van der Waals surface area contributed by atoms with E-state index in [9.17, 15) is 14.7 Å². The highest BCUT2D eigenvalue weighted by Gasteiger charge is 2.22. The van der Waals surface area contributed by atoms with Gasteiger partial charge in [-0.1, -0.05) is 12.8 Å². The molecule has 1 aromatic heterocycles. The van der Waals surface area contributed by atoms with Crippen molar-refractivity contribution in [2.75, 3.05) is 6.54 Å². The van der Waals surface area contributed by atoms with Crippen LogP contribution in [0.4, 0.5) is 0 Å². The molecule has 1 aliphatic carbocycles. The molecule has 0 bridgehead atoms. The second-order valence-corrected chi connectivity index (χ2v) is 6.34. The highest BCUT2D eigenvalue weighted by atomic mass is 16.3. The van der Waals surface area contributed by atoms with Gasteiger partial charge in [-0.25, -0.2) is 4.79 Å². The van der Waals surface area contributed by atoms with Crippen LogP contribution in [0.25, 0.3) is 0 Å². The van der Waals surface area contributed by atoms with Gasteiger partial charge in [-0.2, -0.15) is 0 Å². The van der Waals surface area contributed by atoms with Gasteiger partial charge in [0.25, 0.3) is 5.56 Å². The molecule has 2 atom stereocenters. The van der Waals surface area contributed by atoms with Crippen LogP contribution in [0, 0.1) is 5.92 Å². The molecule has 1 heterocycles. The molecule has 0 aliphatic heterocycles. The van der Waals surface area contributed by atoms with Gasteiger partial charge in [-0.3, -0.25) is 9.36 Å². The molecular weight excluding hydrogens is 282 g/mol. The molecule has 1 saturated carbocycles. The summed E-state index contributed by atoms with van der Waals surface area (Å²) in [5, 5.41) is 13.2. The summed E-state index contributed by atoms with van der Waals surface area (Å²) in [6.45, 7) is 1.28. The molecule has 6 heteroatoms. The summed E-state index contributed by atoms with van der Waals surface area (Å²) >= 11 is 0. The summed E-state index contributed by atoms with van der Waals surface area (Å²) in [7, 11) is 3.15. The van der Waals surface area contributed by atoms with Crippen molar-refractivity contribution in [3.05, 3.63) is 32.6 Å². The highest BCUT2D eigenvalue weighted by molar-refractivity contribution is 5.05. The van der Waals surface area contributed by atoms with Crippen LogP contribution in [-0.4, -0.2) is 26.9 Å². The van der Waals surface area contributed by atoms with Gasteiger partial charge >= 0.3 is 5.69 Å². The zero-order valence-electron chi connectivity index (χ0n) is 13.5. The standard InChI is InChI=1S/C16H27N3O3/c1-18-11-13(15(21)19(2)16(18)22)10-17-9-5-7-12-6-3-4-8-14(12)20/h11-12,14,17,20H,3-10H2,1-2H3. The number of nitrogens with zero attached hydrogens (tertiary/aromatic N) is 2. The molecule has 22 heavy (non-hydrogen) atoms. The van der Waals surface area contributed by atoms with Crippen molar-refractivity contribution in [1.82, 2.24) is 14.5 Å². The first-order valence-corrected chi connectivity index (χ1v) is 8.15. The first-order valence-electron chi connectivity index (χ1n) is 8.15. The summed E-state index contributed by atoms with van der Waals surface area (Å²) in [6, 6.07) is 0. The van der Waals surface area contributed by atoms with Crippen LogP contribution in [0.5, 0.6) is 0 Å². The quantitative estimate of drug-likeness (QED) is 0.751. The second kappa shape index (κ2) is 7.74. The highest BCUT2D eigenvalue weighted by Crippen LogP contribution is 2.27. The van der Waals surface area contributed by atoms with E-state index in [0.717, 1.165) is 43.2 Å². The largest absolute Gasteiger partial charge is 0.393 e. The fourth-order valence-electron chi connectivity index (χ4n) is 3.24. The molecule has 6 nitrogen and oxygen atoms in total. The van der Waals surface area contributed by atoms with Crippen molar-refractivity contribution in [3.8, 4) is 0 Å². The molecule has 1 aliphatic rings. The second-order valence-electron chi connectivity index (χ2n) is 6.34. The molecule has 1 aromatic rings. The van der Waals surface area contributed by atoms with E-state index >= 15 is 0 Å².